The van der Waals surface area contributed by atoms with Crippen LogP contribution in [0.3, 0.4) is 0 Å². The van der Waals surface area contributed by atoms with E-state index in [2.05, 4.69) is 6.92 Å². The lowest BCUT2D eigenvalue weighted by atomic mass is 10.1. The van der Waals surface area contributed by atoms with Crippen molar-refractivity contribution < 1.29 is 13.9 Å². The second-order valence-electron chi connectivity index (χ2n) is 8.54. The minimum absolute atomic E-state index is 0.0863. The lowest BCUT2D eigenvalue weighted by Crippen LogP contribution is -2.29. The number of benzene rings is 2. The molecule has 0 atom stereocenters. The molecule has 1 aliphatic rings. The van der Waals surface area contributed by atoms with Gasteiger partial charge in [-0.1, -0.05) is 74.8 Å². The second-order valence-corrected chi connectivity index (χ2v) is 10.2. The van der Waals surface area contributed by atoms with Crippen LogP contribution in [-0.2, 0) is 4.79 Å². The van der Waals surface area contributed by atoms with Gasteiger partial charge in [0.1, 0.15) is 10.0 Å². The maximum absolute atomic E-state index is 14.7. The Morgan fingerprint density at radius 3 is 2.58 bits per heavy atom. The molecule has 1 saturated heterocycles. The first-order chi connectivity index (χ1) is 17.5. The smallest absolute Gasteiger partial charge is 0.266 e. The number of amides is 1. The first-order valence-electron chi connectivity index (χ1n) is 12.3. The molecule has 0 bridgehead atoms. The fourth-order valence-corrected chi connectivity index (χ4v) is 5.36. The van der Waals surface area contributed by atoms with Crippen molar-refractivity contribution in [2.45, 2.75) is 46.0 Å². The number of halogens is 1. The summed E-state index contributed by atoms with van der Waals surface area (Å²) < 4.78 is 22.4. The second kappa shape index (κ2) is 12.3. The summed E-state index contributed by atoms with van der Waals surface area (Å²) in [6.45, 7) is 5.01. The Bertz CT molecular complexity index is 1260. The molecule has 5 nitrogen and oxygen atoms in total. The maximum Gasteiger partial charge on any atom is 0.266 e. The first kappa shape index (κ1) is 26.1. The lowest BCUT2D eigenvalue weighted by Gasteiger charge is -2.13. The predicted octanol–water partition coefficient (Wildman–Crippen LogP) is 7.25. The minimum Gasteiger partial charge on any atom is -0.491 e. The lowest BCUT2D eigenvalue weighted by molar-refractivity contribution is -0.122. The van der Waals surface area contributed by atoms with E-state index in [1.807, 2.05) is 49.5 Å². The van der Waals surface area contributed by atoms with Gasteiger partial charge in [0, 0.05) is 23.9 Å². The maximum atomic E-state index is 14.7. The fraction of sp³-hybridized carbons (Fsp3) is 0.321. The number of thioether (sulfide) groups is 1. The van der Waals surface area contributed by atoms with Crippen LogP contribution < -0.4 is 4.74 Å². The molecule has 2 aromatic carbocycles. The molecule has 0 saturated carbocycles. The van der Waals surface area contributed by atoms with Crippen molar-refractivity contribution in [2.24, 2.45) is 0 Å². The van der Waals surface area contributed by atoms with Crippen molar-refractivity contribution in [2.75, 3.05) is 13.2 Å². The molecule has 1 fully saturated rings. The molecule has 3 aromatic rings. The highest BCUT2D eigenvalue weighted by Crippen LogP contribution is 2.35. The zero-order valence-corrected chi connectivity index (χ0v) is 22.2. The van der Waals surface area contributed by atoms with Crippen molar-refractivity contribution in [1.82, 2.24) is 14.7 Å². The predicted molar refractivity (Wildman–Crippen MR) is 149 cm³/mol. The van der Waals surface area contributed by atoms with Crippen LogP contribution >= 0.6 is 24.0 Å². The number of carbonyl (C=O) groups is 1. The monoisotopic (exact) mass is 523 g/mol. The van der Waals surface area contributed by atoms with Crippen LogP contribution in [0.4, 0.5) is 4.39 Å². The van der Waals surface area contributed by atoms with Gasteiger partial charge in [-0.15, -0.1) is 0 Å². The SMILES string of the molecule is CCCCCCCN1C(=O)C(=Cc2cn(-c3ccccc3)nc2-c2ccc(OCC)c(F)c2)SC1=S. The highest BCUT2D eigenvalue weighted by Gasteiger charge is 2.32. The molecule has 0 spiro atoms. The number of hydrogen-bond acceptors (Lipinski definition) is 5. The van der Waals surface area contributed by atoms with Crippen molar-refractivity contribution in [3.63, 3.8) is 0 Å². The van der Waals surface area contributed by atoms with E-state index in [1.165, 1.54) is 37.1 Å². The summed E-state index contributed by atoms with van der Waals surface area (Å²) in [5, 5.41) is 4.75. The Labute approximate surface area is 221 Å². The van der Waals surface area contributed by atoms with Gasteiger partial charge >= 0.3 is 0 Å². The number of hydrogen-bond donors (Lipinski definition) is 0. The number of para-hydroxylation sites is 1. The number of unbranched alkanes of at least 4 members (excludes halogenated alkanes) is 4. The first-order valence-corrected chi connectivity index (χ1v) is 13.6. The molecule has 1 aromatic heterocycles. The third-order valence-corrected chi connectivity index (χ3v) is 7.29. The molecule has 0 unspecified atom stereocenters. The van der Waals surface area contributed by atoms with E-state index in [0.29, 0.717) is 39.2 Å². The van der Waals surface area contributed by atoms with Gasteiger partial charge in [0.25, 0.3) is 5.91 Å². The van der Waals surface area contributed by atoms with E-state index < -0.39 is 5.82 Å². The fourth-order valence-electron chi connectivity index (χ4n) is 4.06. The zero-order chi connectivity index (χ0) is 25.5. The summed E-state index contributed by atoms with van der Waals surface area (Å²) in [6.07, 6.45) is 9.24. The number of rotatable bonds is 11. The van der Waals surface area contributed by atoms with E-state index in [1.54, 1.807) is 21.7 Å². The number of carbonyl (C=O) groups excluding carboxylic acids is 1. The highest BCUT2D eigenvalue weighted by molar-refractivity contribution is 8.26. The third kappa shape index (κ3) is 6.05. The average Bonchev–Trinajstić information content (AvgIpc) is 3.42. The van der Waals surface area contributed by atoms with E-state index in [0.717, 1.165) is 18.5 Å². The number of ether oxygens (including phenoxy) is 1. The normalized spacial score (nSPS) is 14.8. The van der Waals surface area contributed by atoms with Gasteiger partial charge in [0.15, 0.2) is 11.6 Å². The van der Waals surface area contributed by atoms with Crippen molar-refractivity contribution >= 4 is 40.3 Å². The molecular weight excluding hydrogens is 493 g/mol. The van der Waals surface area contributed by atoms with E-state index >= 15 is 0 Å². The molecule has 8 heteroatoms. The van der Waals surface area contributed by atoms with Crippen molar-refractivity contribution in [3.8, 4) is 22.7 Å². The van der Waals surface area contributed by atoms with E-state index in [9.17, 15) is 9.18 Å². The van der Waals surface area contributed by atoms with Gasteiger partial charge in [-0.3, -0.25) is 9.69 Å². The molecule has 2 heterocycles. The average molecular weight is 524 g/mol. The molecule has 1 aliphatic heterocycles. The molecule has 36 heavy (non-hydrogen) atoms. The van der Waals surface area contributed by atoms with E-state index in [-0.39, 0.29) is 11.7 Å². The summed E-state index contributed by atoms with van der Waals surface area (Å²) >= 11 is 6.82. The third-order valence-electron chi connectivity index (χ3n) is 5.91. The van der Waals surface area contributed by atoms with Gasteiger partial charge in [-0.25, -0.2) is 9.07 Å². The zero-order valence-electron chi connectivity index (χ0n) is 20.6. The summed E-state index contributed by atoms with van der Waals surface area (Å²) in [4.78, 5) is 15.4. The van der Waals surface area contributed by atoms with Crippen molar-refractivity contribution in [3.05, 3.63) is 71.0 Å². The standard InChI is InChI=1S/C28H30FN3O2S2/c1-3-5-6-7-11-16-31-27(33)25(36-28(31)35)18-21-19-32(22-12-9-8-10-13-22)30-26(21)20-14-15-24(34-4-2)23(29)17-20/h8-10,12-15,17-19H,3-7,11,16H2,1-2H3. The van der Waals surface area contributed by atoms with Crippen LogP contribution in [-0.4, -0.2) is 38.1 Å². The minimum atomic E-state index is -0.455. The molecule has 4 rings (SSSR count). The van der Waals surface area contributed by atoms with Gasteiger partial charge in [-0.05, 0) is 49.8 Å². The van der Waals surface area contributed by atoms with Gasteiger partial charge < -0.3 is 4.74 Å². The van der Waals surface area contributed by atoms with Crippen LogP contribution in [0.15, 0.2) is 59.6 Å². The summed E-state index contributed by atoms with van der Waals surface area (Å²) in [5.41, 5.74) is 2.75. The van der Waals surface area contributed by atoms with E-state index in [4.69, 9.17) is 22.1 Å². The molecule has 0 radical (unpaired) electrons. The van der Waals surface area contributed by atoms with Gasteiger partial charge in [0.05, 0.1) is 17.2 Å². The molecular formula is C28H30FN3O2S2. The summed E-state index contributed by atoms with van der Waals surface area (Å²) in [5.74, 6) is -0.342. The Morgan fingerprint density at radius 2 is 1.86 bits per heavy atom. The molecule has 188 valence electrons. The number of nitrogens with zero attached hydrogens (tertiary/aromatic N) is 3. The van der Waals surface area contributed by atoms with Gasteiger partial charge in [-0.2, -0.15) is 5.10 Å². The van der Waals surface area contributed by atoms with Crippen LogP contribution in [0, 0.1) is 5.82 Å². The van der Waals surface area contributed by atoms with Crippen LogP contribution in [0.5, 0.6) is 5.75 Å². The molecule has 0 aliphatic carbocycles. The topological polar surface area (TPSA) is 47.4 Å². The number of aromatic nitrogens is 2. The molecule has 1 amide bonds. The van der Waals surface area contributed by atoms with Crippen LogP contribution in [0.2, 0.25) is 0 Å². The summed E-state index contributed by atoms with van der Waals surface area (Å²) in [7, 11) is 0. The Kier molecular flexibility index (Phi) is 8.93. The number of thiocarbonyl (C=S) groups is 1. The Balaban J connectivity index is 1.65. The molecule has 0 N–H and O–H groups in total. The Hall–Kier alpha value is -2.97. The van der Waals surface area contributed by atoms with Crippen LogP contribution in [0.1, 0.15) is 51.5 Å². The largest absolute Gasteiger partial charge is 0.491 e. The quantitative estimate of drug-likeness (QED) is 0.151. The highest BCUT2D eigenvalue weighted by atomic mass is 32.2. The van der Waals surface area contributed by atoms with Crippen molar-refractivity contribution in [1.29, 1.82) is 0 Å². The van der Waals surface area contributed by atoms with Gasteiger partial charge in [0.2, 0.25) is 0 Å². The van der Waals surface area contributed by atoms with Crippen LogP contribution in [0.25, 0.3) is 23.0 Å². The summed E-state index contributed by atoms with van der Waals surface area (Å²) in [6, 6.07) is 14.5. The Morgan fingerprint density at radius 1 is 1.08 bits per heavy atom.